The highest BCUT2D eigenvalue weighted by Crippen LogP contribution is 2.10. The van der Waals surface area contributed by atoms with Crippen molar-refractivity contribution < 1.29 is 4.79 Å². The average molecular weight is 279 g/mol. The Balaban J connectivity index is 1.65. The molecular weight excluding hydrogens is 254 g/mol. The lowest BCUT2D eigenvalue weighted by Gasteiger charge is -2.24. The molecule has 6 heteroatoms. The number of amides is 1. The fourth-order valence-corrected chi connectivity index (χ4v) is 2.56. The molecule has 0 radical (unpaired) electrons. The van der Waals surface area contributed by atoms with Crippen molar-refractivity contribution in [3.05, 3.63) is 12.4 Å². The number of rotatable bonds is 6. The van der Waals surface area contributed by atoms with Gasteiger partial charge in [-0.05, 0) is 32.7 Å². The highest BCUT2D eigenvalue weighted by atomic mass is 16.2. The molecule has 20 heavy (non-hydrogen) atoms. The molecular formula is C14H25N5O. The molecule has 1 saturated heterocycles. The van der Waals surface area contributed by atoms with Crippen molar-refractivity contribution in [2.75, 3.05) is 19.6 Å². The summed E-state index contributed by atoms with van der Waals surface area (Å²) >= 11 is 0. The van der Waals surface area contributed by atoms with Crippen molar-refractivity contribution in [3.63, 3.8) is 0 Å². The summed E-state index contributed by atoms with van der Waals surface area (Å²) in [5.74, 6) is 0.243. The molecule has 1 aliphatic heterocycles. The minimum atomic E-state index is -0.0937. The van der Waals surface area contributed by atoms with Crippen molar-refractivity contribution in [2.24, 2.45) is 0 Å². The lowest BCUT2D eigenvalue weighted by atomic mass is 10.2. The van der Waals surface area contributed by atoms with Gasteiger partial charge in [-0.2, -0.15) is 0 Å². The van der Waals surface area contributed by atoms with E-state index in [0.717, 1.165) is 45.4 Å². The molecule has 1 aromatic heterocycles. The van der Waals surface area contributed by atoms with Gasteiger partial charge < -0.3 is 10.2 Å². The van der Waals surface area contributed by atoms with Gasteiger partial charge in [0.15, 0.2) is 0 Å². The standard InChI is InChI=1S/C14H25N5O/c1-13(14(20)18-9-4-2-3-5-10-18)15-7-6-11-19-12-8-16-17-19/h8,12-13,15H,2-7,9-11H2,1H3. The summed E-state index contributed by atoms with van der Waals surface area (Å²) in [6.07, 6.45) is 9.27. The fraction of sp³-hybridized carbons (Fsp3) is 0.786. The van der Waals surface area contributed by atoms with E-state index in [9.17, 15) is 4.79 Å². The first-order valence-corrected chi connectivity index (χ1v) is 7.63. The molecule has 0 aliphatic carbocycles. The Morgan fingerprint density at radius 1 is 1.30 bits per heavy atom. The van der Waals surface area contributed by atoms with Gasteiger partial charge in [-0.1, -0.05) is 18.1 Å². The molecule has 6 nitrogen and oxygen atoms in total. The molecule has 0 spiro atoms. The van der Waals surface area contributed by atoms with E-state index < -0.39 is 0 Å². The number of likely N-dealkylation sites (tertiary alicyclic amines) is 1. The van der Waals surface area contributed by atoms with Gasteiger partial charge in [0.25, 0.3) is 0 Å². The predicted octanol–water partition coefficient (Wildman–Crippen LogP) is 1.05. The fourth-order valence-electron chi connectivity index (χ4n) is 2.56. The van der Waals surface area contributed by atoms with Crippen LogP contribution >= 0.6 is 0 Å². The van der Waals surface area contributed by atoms with Gasteiger partial charge >= 0.3 is 0 Å². The number of carbonyl (C=O) groups excluding carboxylic acids is 1. The molecule has 1 amide bonds. The zero-order valence-electron chi connectivity index (χ0n) is 12.3. The van der Waals surface area contributed by atoms with E-state index >= 15 is 0 Å². The van der Waals surface area contributed by atoms with Gasteiger partial charge in [0, 0.05) is 25.8 Å². The lowest BCUT2D eigenvalue weighted by Crippen LogP contribution is -2.45. The number of aromatic nitrogens is 3. The van der Waals surface area contributed by atoms with Gasteiger partial charge in [0.2, 0.25) is 5.91 Å². The van der Waals surface area contributed by atoms with Crippen LogP contribution in [0.1, 0.15) is 39.0 Å². The SMILES string of the molecule is CC(NCCCn1ccnn1)C(=O)N1CCCCCC1. The van der Waals surface area contributed by atoms with Crippen LogP contribution in [-0.2, 0) is 11.3 Å². The van der Waals surface area contributed by atoms with Crippen LogP contribution in [0.3, 0.4) is 0 Å². The predicted molar refractivity (Wildman–Crippen MR) is 77.2 cm³/mol. The van der Waals surface area contributed by atoms with E-state index in [0.29, 0.717) is 0 Å². The van der Waals surface area contributed by atoms with Crippen molar-refractivity contribution in [1.82, 2.24) is 25.2 Å². The maximum Gasteiger partial charge on any atom is 0.239 e. The van der Waals surface area contributed by atoms with Crippen molar-refractivity contribution in [2.45, 2.75) is 51.6 Å². The second kappa shape index (κ2) is 7.99. The van der Waals surface area contributed by atoms with Gasteiger partial charge in [0.1, 0.15) is 0 Å². The first-order chi connectivity index (χ1) is 9.77. The molecule has 0 aromatic carbocycles. The average Bonchev–Trinajstić information content (AvgIpc) is 2.83. The van der Waals surface area contributed by atoms with Crippen LogP contribution in [0.15, 0.2) is 12.4 Å². The second-order valence-corrected chi connectivity index (χ2v) is 5.43. The second-order valence-electron chi connectivity index (χ2n) is 5.43. The molecule has 1 unspecified atom stereocenters. The van der Waals surface area contributed by atoms with Gasteiger partial charge in [0.05, 0.1) is 12.2 Å². The van der Waals surface area contributed by atoms with Crippen LogP contribution in [0.4, 0.5) is 0 Å². The summed E-state index contributed by atoms with van der Waals surface area (Å²) in [4.78, 5) is 14.3. The summed E-state index contributed by atoms with van der Waals surface area (Å²) < 4.78 is 1.81. The zero-order chi connectivity index (χ0) is 14.2. The number of aryl methyl sites for hydroxylation is 1. The van der Waals surface area contributed by atoms with Crippen LogP contribution in [0, 0.1) is 0 Å². The molecule has 0 saturated carbocycles. The molecule has 1 fully saturated rings. The third kappa shape index (κ3) is 4.59. The number of hydrogen-bond acceptors (Lipinski definition) is 4. The molecule has 2 rings (SSSR count). The minimum absolute atomic E-state index is 0.0937. The Hall–Kier alpha value is -1.43. The Morgan fingerprint density at radius 2 is 2.05 bits per heavy atom. The van der Waals surface area contributed by atoms with E-state index in [4.69, 9.17) is 0 Å². The number of hydrogen-bond donors (Lipinski definition) is 1. The molecule has 112 valence electrons. The molecule has 1 aliphatic rings. The van der Waals surface area contributed by atoms with Crippen molar-refractivity contribution in [3.8, 4) is 0 Å². The monoisotopic (exact) mass is 279 g/mol. The van der Waals surface area contributed by atoms with Gasteiger partial charge in [-0.25, -0.2) is 0 Å². The molecule has 1 N–H and O–H groups in total. The normalized spacial score (nSPS) is 17.8. The van der Waals surface area contributed by atoms with Crippen LogP contribution < -0.4 is 5.32 Å². The highest BCUT2D eigenvalue weighted by Gasteiger charge is 2.20. The largest absolute Gasteiger partial charge is 0.341 e. The van der Waals surface area contributed by atoms with Gasteiger partial charge in [-0.15, -0.1) is 5.10 Å². The van der Waals surface area contributed by atoms with E-state index in [-0.39, 0.29) is 11.9 Å². The third-order valence-corrected chi connectivity index (χ3v) is 3.77. The molecule has 1 atom stereocenters. The van der Waals surface area contributed by atoms with Crippen LogP contribution in [0.2, 0.25) is 0 Å². The quantitative estimate of drug-likeness (QED) is 0.791. The smallest absolute Gasteiger partial charge is 0.239 e. The molecule has 1 aromatic rings. The van der Waals surface area contributed by atoms with Crippen molar-refractivity contribution in [1.29, 1.82) is 0 Å². The summed E-state index contributed by atoms with van der Waals surface area (Å²) in [6, 6.07) is -0.0937. The minimum Gasteiger partial charge on any atom is -0.341 e. The van der Waals surface area contributed by atoms with Crippen LogP contribution in [0.5, 0.6) is 0 Å². The summed E-state index contributed by atoms with van der Waals surface area (Å²) in [5, 5.41) is 11.0. The van der Waals surface area contributed by atoms with Crippen LogP contribution in [-0.4, -0.2) is 51.5 Å². The number of carbonyl (C=O) groups is 1. The van der Waals surface area contributed by atoms with E-state index in [2.05, 4.69) is 15.6 Å². The maximum absolute atomic E-state index is 12.3. The van der Waals surface area contributed by atoms with E-state index in [1.807, 2.05) is 22.7 Å². The van der Waals surface area contributed by atoms with E-state index in [1.54, 1.807) is 6.20 Å². The molecule has 2 heterocycles. The number of nitrogens with one attached hydrogen (secondary N) is 1. The maximum atomic E-state index is 12.3. The zero-order valence-corrected chi connectivity index (χ0v) is 12.3. The Morgan fingerprint density at radius 3 is 2.70 bits per heavy atom. The summed E-state index contributed by atoms with van der Waals surface area (Å²) in [6.45, 7) is 5.45. The Kier molecular flexibility index (Phi) is 5.98. The van der Waals surface area contributed by atoms with Gasteiger partial charge in [-0.3, -0.25) is 9.48 Å². The first kappa shape index (κ1) is 15.0. The Bertz CT molecular complexity index is 384. The van der Waals surface area contributed by atoms with Crippen molar-refractivity contribution >= 4 is 5.91 Å². The van der Waals surface area contributed by atoms with Crippen LogP contribution in [0.25, 0.3) is 0 Å². The number of nitrogens with zero attached hydrogens (tertiary/aromatic N) is 4. The molecule has 0 bridgehead atoms. The lowest BCUT2D eigenvalue weighted by molar-refractivity contribution is -0.133. The third-order valence-electron chi connectivity index (χ3n) is 3.77. The Labute approximate surface area is 120 Å². The topological polar surface area (TPSA) is 63.1 Å². The summed E-state index contributed by atoms with van der Waals surface area (Å²) in [5.41, 5.74) is 0. The summed E-state index contributed by atoms with van der Waals surface area (Å²) in [7, 11) is 0. The highest BCUT2D eigenvalue weighted by molar-refractivity contribution is 5.81. The first-order valence-electron chi connectivity index (χ1n) is 7.63. The van der Waals surface area contributed by atoms with E-state index in [1.165, 1.54) is 12.8 Å².